The summed E-state index contributed by atoms with van der Waals surface area (Å²) in [6.45, 7) is 2.98. The molecule has 0 fully saturated rings. The molecule has 0 amide bonds. The predicted molar refractivity (Wildman–Crippen MR) is 56.1 cm³/mol. The largest absolute Gasteiger partial charge is 0.465 e. The van der Waals surface area contributed by atoms with Gasteiger partial charge in [0, 0.05) is 6.07 Å². The van der Waals surface area contributed by atoms with E-state index in [1.54, 1.807) is 12.1 Å². The van der Waals surface area contributed by atoms with E-state index in [0.29, 0.717) is 16.5 Å². The van der Waals surface area contributed by atoms with Crippen molar-refractivity contribution < 1.29 is 19.7 Å². The van der Waals surface area contributed by atoms with Crippen LogP contribution in [0.4, 0.5) is 0 Å². The van der Waals surface area contributed by atoms with Gasteiger partial charge in [-0.1, -0.05) is 11.6 Å². The van der Waals surface area contributed by atoms with Crippen LogP contribution >= 0.6 is 11.6 Å². The van der Waals surface area contributed by atoms with Gasteiger partial charge in [-0.25, -0.2) is 0 Å². The summed E-state index contributed by atoms with van der Waals surface area (Å²) in [6, 6.07) is 4.66. The molecule has 2 unspecified atom stereocenters. The molecule has 0 aliphatic carbocycles. The van der Waals surface area contributed by atoms with Gasteiger partial charge in [-0.2, -0.15) is 0 Å². The second-order valence-electron chi connectivity index (χ2n) is 3.03. The average Bonchev–Trinajstić information content (AvgIpc) is 2.08. The minimum atomic E-state index is -0.925. The minimum Gasteiger partial charge on any atom is -0.465 e. The highest BCUT2D eigenvalue weighted by atomic mass is 35.5. The average molecular weight is 233 g/mol. The first-order chi connectivity index (χ1) is 6.99. The second-order valence-corrected chi connectivity index (χ2v) is 3.43. The lowest BCUT2D eigenvalue weighted by Crippen LogP contribution is -2.11. The second kappa shape index (κ2) is 5.21. The van der Waals surface area contributed by atoms with Gasteiger partial charge in [0.05, 0.1) is 5.02 Å². The summed E-state index contributed by atoms with van der Waals surface area (Å²) in [5.41, 5.74) is 0. The quantitative estimate of drug-likeness (QED) is 0.777. The fourth-order valence-electron chi connectivity index (χ4n) is 1.03. The molecule has 4 nitrogen and oxygen atoms in total. The topological polar surface area (TPSA) is 58.9 Å². The van der Waals surface area contributed by atoms with Crippen molar-refractivity contribution in [2.24, 2.45) is 0 Å². The van der Waals surface area contributed by atoms with Crippen molar-refractivity contribution in [1.82, 2.24) is 0 Å². The van der Waals surface area contributed by atoms with Crippen LogP contribution in [0.1, 0.15) is 13.8 Å². The van der Waals surface area contributed by atoms with Crippen LogP contribution in [0.5, 0.6) is 11.5 Å². The maximum absolute atomic E-state index is 8.99. The first-order valence-corrected chi connectivity index (χ1v) is 4.86. The number of rotatable bonds is 4. The Morgan fingerprint density at radius 3 is 2.20 bits per heavy atom. The van der Waals surface area contributed by atoms with Crippen molar-refractivity contribution in [2.45, 2.75) is 26.4 Å². The van der Waals surface area contributed by atoms with Gasteiger partial charge >= 0.3 is 0 Å². The zero-order valence-corrected chi connectivity index (χ0v) is 9.23. The Kier molecular flexibility index (Phi) is 4.20. The Balaban J connectivity index is 2.78. The van der Waals surface area contributed by atoms with E-state index in [0.717, 1.165) is 0 Å². The lowest BCUT2D eigenvalue weighted by Gasteiger charge is -2.13. The van der Waals surface area contributed by atoms with Crippen LogP contribution in [0.2, 0.25) is 5.02 Å². The number of hydrogen-bond acceptors (Lipinski definition) is 4. The smallest absolute Gasteiger partial charge is 0.194 e. The maximum Gasteiger partial charge on any atom is 0.194 e. The van der Waals surface area contributed by atoms with Gasteiger partial charge < -0.3 is 19.7 Å². The molecule has 0 aliphatic heterocycles. The fraction of sp³-hybridized carbons (Fsp3) is 0.400. The molecule has 2 atom stereocenters. The van der Waals surface area contributed by atoms with Crippen molar-refractivity contribution in [3.63, 3.8) is 0 Å². The maximum atomic E-state index is 8.99. The molecule has 0 aliphatic rings. The number of aliphatic hydroxyl groups excluding tert-OH is 2. The number of ether oxygens (including phenoxy) is 2. The van der Waals surface area contributed by atoms with Gasteiger partial charge in [0.25, 0.3) is 0 Å². The van der Waals surface area contributed by atoms with Crippen LogP contribution in [0.15, 0.2) is 18.2 Å². The molecule has 0 saturated carbocycles. The van der Waals surface area contributed by atoms with Crippen LogP contribution in [0, 0.1) is 0 Å². The third kappa shape index (κ3) is 3.95. The zero-order valence-electron chi connectivity index (χ0n) is 8.48. The van der Waals surface area contributed by atoms with Gasteiger partial charge in [0.15, 0.2) is 12.6 Å². The zero-order chi connectivity index (χ0) is 11.4. The van der Waals surface area contributed by atoms with Gasteiger partial charge in [0.2, 0.25) is 0 Å². The lowest BCUT2D eigenvalue weighted by molar-refractivity contribution is -0.00354. The first-order valence-electron chi connectivity index (χ1n) is 4.48. The first kappa shape index (κ1) is 12.1. The number of hydrogen-bond donors (Lipinski definition) is 2. The molecule has 1 aromatic rings. The number of halogens is 1. The molecule has 15 heavy (non-hydrogen) atoms. The van der Waals surface area contributed by atoms with Gasteiger partial charge in [-0.15, -0.1) is 0 Å². The Labute approximate surface area is 93.0 Å². The molecule has 2 N–H and O–H groups in total. The molecule has 1 aromatic carbocycles. The Morgan fingerprint density at radius 2 is 1.73 bits per heavy atom. The predicted octanol–water partition coefficient (Wildman–Crippen LogP) is 1.77. The molecule has 84 valence electrons. The monoisotopic (exact) mass is 232 g/mol. The highest BCUT2D eigenvalue weighted by molar-refractivity contribution is 6.32. The standard InChI is InChI=1S/C10H13ClO4/c1-6(12)14-8-3-4-10(9(11)5-8)15-7(2)13/h3-7,12-13H,1-2H3. The van der Waals surface area contributed by atoms with E-state index < -0.39 is 12.6 Å². The fourth-order valence-corrected chi connectivity index (χ4v) is 1.25. The summed E-state index contributed by atoms with van der Waals surface area (Å²) in [6.07, 6.45) is -1.82. The molecule has 0 spiro atoms. The molecular formula is C10H13ClO4. The van der Waals surface area contributed by atoms with Crippen LogP contribution in [0.3, 0.4) is 0 Å². The van der Waals surface area contributed by atoms with E-state index >= 15 is 0 Å². The molecule has 0 aromatic heterocycles. The van der Waals surface area contributed by atoms with E-state index in [2.05, 4.69) is 0 Å². The third-order valence-electron chi connectivity index (χ3n) is 1.51. The summed E-state index contributed by atoms with van der Waals surface area (Å²) >= 11 is 5.86. The van der Waals surface area contributed by atoms with Crippen molar-refractivity contribution >= 4 is 11.6 Å². The molecule has 0 heterocycles. The Bertz CT molecular complexity index is 325. The summed E-state index contributed by atoms with van der Waals surface area (Å²) in [5.74, 6) is 0.803. The van der Waals surface area contributed by atoms with Crippen molar-refractivity contribution in [3.05, 3.63) is 23.2 Å². The molecule has 0 radical (unpaired) electrons. The van der Waals surface area contributed by atoms with Gasteiger partial charge in [-0.05, 0) is 26.0 Å². The summed E-state index contributed by atoms with van der Waals surface area (Å²) in [4.78, 5) is 0. The van der Waals surface area contributed by atoms with Crippen LogP contribution in [0.25, 0.3) is 0 Å². The molecule has 0 saturated heterocycles. The van der Waals surface area contributed by atoms with Gasteiger partial charge in [0.1, 0.15) is 11.5 Å². The van der Waals surface area contributed by atoms with E-state index in [4.69, 9.17) is 31.3 Å². The summed E-state index contributed by atoms with van der Waals surface area (Å²) < 4.78 is 10.0. The molecular weight excluding hydrogens is 220 g/mol. The highest BCUT2D eigenvalue weighted by Crippen LogP contribution is 2.29. The van der Waals surface area contributed by atoms with Crippen LogP contribution in [-0.4, -0.2) is 22.8 Å². The molecule has 5 heteroatoms. The van der Waals surface area contributed by atoms with E-state index in [1.165, 1.54) is 19.9 Å². The lowest BCUT2D eigenvalue weighted by atomic mass is 10.3. The SMILES string of the molecule is CC(O)Oc1ccc(OC(C)O)c(Cl)c1. The number of benzene rings is 1. The van der Waals surface area contributed by atoms with E-state index in [-0.39, 0.29) is 0 Å². The minimum absolute atomic E-state index is 0.314. The van der Waals surface area contributed by atoms with Crippen molar-refractivity contribution in [1.29, 1.82) is 0 Å². The third-order valence-corrected chi connectivity index (χ3v) is 1.80. The molecule has 1 rings (SSSR count). The van der Waals surface area contributed by atoms with Crippen LogP contribution in [-0.2, 0) is 0 Å². The molecule has 0 bridgehead atoms. The van der Waals surface area contributed by atoms with E-state index in [1.807, 2.05) is 0 Å². The Hall–Kier alpha value is -0.970. The van der Waals surface area contributed by atoms with Crippen molar-refractivity contribution in [2.75, 3.05) is 0 Å². The van der Waals surface area contributed by atoms with Crippen molar-refractivity contribution in [3.8, 4) is 11.5 Å². The van der Waals surface area contributed by atoms with Gasteiger partial charge in [-0.3, -0.25) is 0 Å². The van der Waals surface area contributed by atoms with E-state index in [9.17, 15) is 0 Å². The summed E-state index contributed by atoms with van der Waals surface area (Å²) in [7, 11) is 0. The van der Waals surface area contributed by atoms with Crippen LogP contribution < -0.4 is 9.47 Å². The number of aliphatic hydroxyl groups is 2. The Morgan fingerprint density at radius 1 is 1.13 bits per heavy atom. The normalized spacial score (nSPS) is 14.5. The summed E-state index contributed by atoms with van der Waals surface area (Å²) in [5, 5.41) is 18.3. The highest BCUT2D eigenvalue weighted by Gasteiger charge is 2.07.